The van der Waals surface area contributed by atoms with Crippen molar-refractivity contribution in [3.8, 4) is 11.1 Å². The van der Waals surface area contributed by atoms with Crippen molar-refractivity contribution in [2.24, 2.45) is 11.3 Å². The maximum atomic E-state index is 13.0. The van der Waals surface area contributed by atoms with E-state index in [-0.39, 0.29) is 11.4 Å². The lowest BCUT2D eigenvalue weighted by molar-refractivity contribution is -0.000523. The molecule has 2 atom stereocenters. The van der Waals surface area contributed by atoms with E-state index in [9.17, 15) is 4.79 Å². The van der Waals surface area contributed by atoms with Crippen LogP contribution in [0.4, 0.5) is 0 Å². The lowest BCUT2D eigenvalue weighted by Gasteiger charge is -2.51. The average Bonchev–Trinajstić information content (AvgIpc) is 2.73. The highest BCUT2D eigenvalue weighted by Crippen LogP contribution is 2.47. The summed E-state index contributed by atoms with van der Waals surface area (Å²) in [7, 11) is 0. The molecule has 1 aromatic carbocycles. The number of hydrogen-bond acceptors (Lipinski definition) is 4. The summed E-state index contributed by atoms with van der Waals surface area (Å²) in [5.41, 5.74) is 3.56. The Bertz CT molecular complexity index is 864. The van der Waals surface area contributed by atoms with Crippen LogP contribution < -0.4 is 0 Å². The number of pyridine rings is 1. The lowest BCUT2D eigenvalue weighted by atomic mass is 9.63. The number of piperidine rings is 1. The zero-order valence-corrected chi connectivity index (χ0v) is 16.6. The van der Waals surface area contributed by atoms with E-state index in [0.717, 1.165) is 37.2 Å². The Morgan fingerprint density at radius 3 is 2.96 bits per heavy atom. The molecule has 2 bridgehead atoms. The zero-order valence-electron chi connectivity index (χ0n) is 16.6. The molecular weight excluding hydrogens is 348 g/mol. The van der Waals surface area contributed by atoms with Crippen LogP contribution in [0.5, 0.6) is 0 Å². The van der Waals surface area contributed by atoms with Gasteiger partial charge in [-0.05, 0) is 43.0 Å². The molecule has 0 spiro atoms. The molecule has 146 valence electrons. The molecule has 1 saturated heterocycles. The van der Waals surface area contributed by atoms with Crippen LogP contribution >= 0.6 is 0 Å². The molecule has 2 aromatic rings. The minimum absolute atomic E-state index is 0.101. The normalized spacial score (nSPS) is 24.8. The topological polar surface area (TPSA) is 42.4 Å². The molecule has 1 saturated carbocycles. The Morgan fingerprint density at radius 1 is 1.32 bits per heavy atom. The van der Waals surface area contributed by atoms with Gasteiger partial charge in [0, 0.05) is 36.5 Å². The second-order valence-electron chi connectivity index (χ2n) is 8.09. The first-order chi connectivity index (χ1) is 13.6. The van der Waals surface area contributed by atoms with Gasteiger partial charge in [-0.15, -0.1) is 0 Å². The van der Waals surface area contributed by atoms with Crippen LogP contribution in [-0.4, -0.2) is 42.1 Å². The smallest absolute Gasteiger partial charge is 0.338 e. The number of hydrogen-bond donors (Lipinski definition) is 0. The molecule has 4 rings (SSSR count). The molecule has 0 amide bonds. The molecule has 28 heavy (non-hydrogen) atoms. The van der Waals surface area contributed by atoms with Crippen LogP contribution in [0.2, 0.25) is 0 Å². The largest absolute Gasteiger partial charge is 0.461 e. The first-order valence-electron chi connectivity index (χ1n) is 10.2. The number of rotatable bonds is 5. The van der Waals surface area contributed by atoms with Crippen LogP contribution in [0.15, 0.2) is 60.9 Å². The van der Waals surface area contributed by atoms with Crippen molar-refractivity contribution in [3.63, 3.8) is 0 Å². The van der Waals surface area contributed by atoms with E-state index in [4.69, 9.17) is 4.74 Å². The quantitative estimate of drug-likeness (QED) is 0.566. The van der Waals surface area contributed by atoms with Crippen LogP contribution in [0.3, 0.4) is 0 Å². The highest BCUT2D eigenvalue weighted by Gasteiger charge is 2.46. The molecule has 4 nitrogen and oxygen atoms in total. The van der Waals surface area contributed by atoms with Crippen molar-refractivity contribution in [3.05, 3.63) is 66.5 Å². The third-order valence-electron chi connectivity index (χ3n) is 6.43. The fourth-order valence-electron chi connectivity index (χ4n) is 4.81. The third kappa shape index (κ3) is 3.49. The first-order valence-corrected chi connectivity index (χ1v) is 10.2. The summed E-state index contributed by atoms with van der Waals surface area (Å²) in [6.45, 7) is 10.1. The van der Waals surface area contributed by atoms with Crippen molar-refractivity contribution >= 4 is 5.97 Å². The second-order valence-corrected chi connectivity index (χ2v) is 8.09. The van der Waals surface area contributed by atoms with Crippen molar-refractivity contribution in [2.45, 2.75) is 26.2 Å². The second kappa shape index (κ2) is 7.88. The van der Waals surface area contributed by atoms with Crippen LogP contribution in [0.1, 0.15) is 36.5 Å². The maximum Gasteiger partial charge on any atom is 0.338 e. The number of carbonyl (C=O) groups excluding carboxylic acids is 1. The minimum Gasteiger partial charge on any atom is -0.461 e. The van der Waals surface area contributed by atoms with E-state index >= 15 is 0 Å². The highest BCUT2D eigenvalue weighted by molar-refractivity contribution is 5.97. The van der Waals surface area contributed by atoms with Gasteiger partial charge in [-0.25, -0.2) is 4.79 Å². The van der Waals surface area contributed by atoms with E-state index in [1.165, 1.54) is 18.4 Å². The van der Waals surface area contributed by atoms with E-state index < -0.39 is 0 Å². The molecule has 0 N–H and O–H groups in total. The average molecular weight is 377 g/mol. The fraction of sp³-hybridized carbons (Fsp3) is 0.417. The summed E-state index contributed by atoms with van der Waals surface area (Å²) in [6.07, 6.45) is 6.95. The Hall–Kier alpha value is -2.46. The van der Waals surface area contributed by atoms with E-state index in [1.807, 2.05) is 36.4 Å². The SMILES string of the molecule is C=C1[C@@H]2CCC[C@@]1(COC(=O)c1ccccc1-c1cccnc1)CN(CC)C2. The summed E-state index contributed by atoms with van der Waals surface area (Å²) < 4.78 is 5.92. The van der Waals surface area contributed by atoms with E-state index in [0.29, 0.717) is 18.1 Å². The van der Waals surface area contributed by atoms with Gasteiger partial charge in [0.05, 0.1) is 5.56 Å². The lowest BCUT2D eigenvalue weighted by Crippen LogP contribution is -2.53. The van der Waals surface area contributed by atoms with Crippen molar-refractivity contribution < 1.29 is 9.53 Å². The summed E-state index contributed by atoms with van der Waals surface area (Å²) in [6, 6.07) is 11.4. The molecule has 0 radical (unpaired) electrons. The number of aromatic nitrogens is 1. The molecular formula is C24H28N2O2. The highest BCUT2D eigenvalue weighted by atomic mass is 16.5. The molecule has 2 fully saturated rings. The summed E-state index contributed by atoms with van der Waals surface area (Å²) in [5.74, 6) is 0.265. The van der Waals surface area contributed by atoms with Gasteiger partial charge in [-0.3, -0.25) is 4.98 Å². The molecule has 1 aliphatic carbocycles. The standard InChI is InChI=1S/C24H28N2O2/c1-3-26-15-20-8-6-12-24(16-26,18(20)2)17-28-23(27)22-11-5-4-10-21(22)19-9-7-13-25-14-19/h4-5,7,9-11,13-14,20H,2-3,6,8,12,15-17H2,1H3/t20-,24+/m1/s1. The van der Waals surface area contributed by atoms with Crippen LogP contribution in [0.25, 0.3) is 11.1 Å². The Morgan fingerprint density at radius 2 is 2.18 bits per heavy atom. The van der Waals surface area contributed by atoms with Crippen molar-refractivity contribution in [2.75, 3.05) is 26.2 Å². The van der Waals surface area contributed by atoms with Gasteiger partial charge < -0.3 is 9.64 Å². The molecule has 2 heterocycles. The summed E-state index contributed by atoms with van der Waals surface area (Å²) >= 11 is 0. The number of likely N-dealkylation sites (tertiary alicyclic amines) is 1. The number of esters is 1. The van der Waals surface area contributed by atoms with Gasteiger partial charge in [0.2, 0.25) is 0 Å². The monoisotopic (exact) mass is 376 g/mol. The molecule has 2 aliphatic rings. The molecule has 4 heteroatoms. The minimum atomic E-state index is -0.266. The summed E-state index contributed by atoms with van der Waals surface area (Å²) in [5, 5.41) is 0. The van der Waals surface area contributed by atoms with Crippen LogP contribution in [0, 0.1) is 11.3 Å². The van der Waals surface area contributed by atoms with E-state index in [1.54, 1.807) is 12.4 Å². The molecule has 0 unspecified atom stereocenters. The Balaban J connectivity index is 1.54. The first kappa shape index (κ1) is 18.9. The Labute approximate surface area is 167 Å². The third-order valence-corrected chi connectivity index (χ3v) is 6.43. The Kier molecular flexibility index (Phi) is 5.31. The van der Waals surface area contributed by atoms with Gasteiger partial charge in [0.1, 0.15) is 6.61 Å². The van der Waals surface area contributed by atoms with Crippen molar-refractivity contribution in [1.82, 2.24) is 9.88 Å². The number of benzene rings is 1. The summed E-state index contributed by atoms with van der Waals surface area (Å²) in [4.78, 5) is 19.7. The zero-order chi connectivity index (χ0) is 19.6. The molecule has 1 aromatic heterocycles. The van der Waals surface area contributed by atoms with E-state index in [2.05, 4.69) is 23.4 Å². The number of nitrogens with zero attached hydrogens (tertiary/aromatic N) is 2. The predicted octanol–water partition coefficient (Wildman–Crippen LogP) is 4.58. The van der Waals surface area contributed by atoms with Crippen LogP contribution in [-0.2, 0) is 4.74 Å². The predicted molar refractivity (Wildman–Crippen MR) is 111 cm³/mol. The fourth-order valence-corrected chi connectivity index (χ4v) is 4.81. The van der Waals surface area contributed by atoms with Gasteiger partial charge in [-0.1, -0.05) is 49.8 Å². The van der Waals surface area contributed by atoms with Gasteiger partial charge >= 0.3 is 5.97 Å². The van der Waals surface area contributed by atoms with Gasteiger partial charge in [-0.2, -0.15) is 0 Å². The number of carbonyl (C=O) groups is 1. The van der Waals surface area contributed by atoms with Gasteiger partial charge in [0.15, 0.2) is 0 Å². The molecule has 1 aliphatic heterocycles. The van der Waals surface area contributed by atoms with Crippen molar-refractivity contribution in [1.29, 1.82) is 0 Å². The van der Waals surface area contributed by atoms with Gasteiger partial charge in [0.25, 0.3) is 0 Å². The maximum absolute atomic E-state index is 13.0. The number of fused-ring (bicyclic) bond motifs is 2. The number of ether oxygens (including phenoxy) is 1.